The summed E-state index contributed by atoms with van der Waals surface area (Å²) >= 11 is 0. The van der Waals surface area contributed by atoms with Gasteiger partial charge in [-0.25, -0.2) is 14.3 Å². The molecule has 0 unspecified atom stereocenters. The Morgan fingerprint density at radius 2 is 1.56 bits per heavy atom. The number of anilines is 1. The summed E-state index contributed by atoms with van der Waals surface area (Å²) in [7, 11) is 0. The van der Waals surface area contributed by atoms with Crippen LogP contribution < -0.4 is 27.2 Å². The first-order valence-electron chi connectivity index (χ1n) is 10.9. The lowest BCUT2D eigenvalue weighted by Gasteiger charge is -2.14. The van der Waals surface area contributed by atoms with E-state index in [2.05, 4.69) is 16.0 Å². The first kappa shape index (κ1) is 26.4. The molecule has 0 fully saturated rings. The molecule has 0 saturated heterocycles. The van der Waals surface area contributed by atoms with Gasteiger partial charge in [0.2, 0.25) is 5.91 Å². The normalized spacial score (nSPS) is 11.4. The molecule has 0 saturated carbocycles. The van der Waals surface area contributed by atoms with Gasteiger partial charge in [0.05, 0.1) is 6.54 Å². The Bertz CT molecular complexity index is 1220. The van der Waals surface area contributed by atoms with E-state index < -0.39 is 29.5 Å². The van der Waals surface area contributed by atoms with Crippen LogP contribution in [0.2, 0.25) is 0 Å². The average Bonchev–Trinajstić information content (AvgIpc) is 2.89. The maximum atomic E-state index is 13.6. The fourth-order valence-corrected chi connectivity index (χ4v) is 3.31. The summed E-state index contributed by atoms with van der Waals surface area (Å²) in [5, 5.41) is 16.6. The van der Waals surface area contributed by atoms with Crippen LogP contribution in [0.1, 0.15) is 15.9 Å². The third-order valence-electron chi connectivity index (χ3n) is 5.23. The van der Waals surface area contributed by atoms with E-state index >= 15 is 0 Å². The van der Waals surface area contributed by atoms with Crippen LogP contribution in [-0.2, 0) is 16.1 Å². The van der Waals surface area contributed by atoms with Gasteiger partial charge in [0.25, 0.3) is 11.8 Å². The molecule has 0 aliphatic heterocycles. The number of halogens is 2. The highest BCUT2D eigenvalue weighted by Gasteiger charge is 2.19. The lowest BCUT2D eigenvalue weighted by atomic mass is 10.0. The minimum atomic E-state index is -1.07. The minimum Gasteiger partial charge on any atom is -0.339 e. The number of amides is 3. The van der Waals surface area contributed by atoms with Crippen LogP contribution >= 0.6 is 0 Å². The summed E-state index contributed by atoms with van der Waals surface area (Å²) in [5.41, 5.74) is 9.51. The van der Waals surface area contributed by atoms with Crippen LogP contribution in [0.15, 0.2) is 66.7 Å². The molecule has 1 atom stereocenters. The summed E-state index contributed by atoms with van der Waals surface area (Å²) in [5.74, 6) is -2.79. The van der Waals surface area contributed by atoms with Gasteiger partial charge in [-0.2, -0.15) is 0 Å². The van der Waals surface area contributed by atoms with Crippen LogP contribution in [-0.4, -0.2) is 42.1 Å². The fourth-order valence-electron chi connectivity index (χ4n) is 3.31. The quantitative estimate of drug-likeness (QED) is 0.186. The van der Waals surface area contributed by atoms with Crippen LogP contribution in [0.4, 0.5) is 14.5 Å². The highest BCUT2D eigenvalue weighted by atomic mass is 19.1. The SMILES string of the molecule is NC[C@H](NC(=O)c1ccc(-c2ccc(NC(=O)CNCc3cc(F)ccc3F)cc2)cc1)C(=O)NO. The fraction of sp³-hybridized carbons (Fsp3) is 0.160. The number of benzene rings is 3. The van der Waals surface area contributed by atoms with E-state index in [4.69, 9.17) is 10.9 Å². The van der Waals surface area contributed by atoms with Crippen molar-refractivity contribution in [1.82, 2.24) is 16.1 Å². The van der Waals surface area contributed by atoms with Crippen LogP contribution in [0.25, 0.3) is 11.1 Å². The molecule has 9 nitrogen and oxygen atoms in total. The number of nitrogens with one attached hydrogen (secondary N) is 4. The Hall–Kier alpha value is -4.19. The number of hydrogen-bond donors (Lipinski definition) is 6. The van der Waals surface area contributed by atoms with Crippen LogP contribution in [0.5, 0.6) is 0 Å². The van der Waals surface area contributed by atoms with Crippen molar-refractivity contribution in [2.45, 2.75) is 12.6 Å². The smallest absolute Gasteiger partial charge is 0.267 e. The van der Waals surface area contributed by atoms with Gasteiger partial charge in [-0.05, 0) is 53.6 Å². The van der Waals surface area contributed by atoms with Crippen LogP contribution in [0.3, 0.4) is 0 Å². The van der Waals surface area contributed by atoms with Gasteiger partial charge in [0.15, 0.2) is 0 Å². The third-order valence-corrected chi connectivity index (χ3v) is 5.23. The molecule has 0 bridgehead atoms. The van der Waals surface area contributed by atoms with E-state index in [1.165, 1.54) is 5.48 Å². The molecule has 36 heavy (non-hydrogen) atoms. The molecule has 7 N–H and O–H groups in total. The standard InChI is InChI=1S/C25H25F2N5O4/c26-19-7-10-21(27)18(11-19)13-29-14-23(33)30-20-8-5-16(6-9-20)15-1-3-17(4-2-15)24(34)31-22(12-28)25(35)32-36/h1-11,22,29,36H,12-14,28H2,(H,30,33)(H,31,34)(H,32,35)/t22-/m0/s1. The topological polar surface area (TPSA) is 146 Å². The van der Waals surface area contributed by atoms with Crippen molar-refractivity contribution in [1.29, 1.82) is 0 Å². The van der Waals surface area contributed by atoms with Gasteiger partial charge in [-0.3, -0.25) is 19.6 Å². The van der Waals surface area contributed by atoms with Gasteiger partial charge in [0.1, 0.15) is 17.7 Å². The molecule has 0 aliphatic carbocycles. The van der Waals surface area contributed by atoms with E-state index in [0.717, 1.165) is 29.3 Å². The maximum absolute atomic E-state index is 13.6. The first-order chi connectivity index (χ1) is 17.3. The molecule has 0 aromatic heterocycles. The monoisotopic (exact) mass is 497 g/mol. The molecule has 0 heterocycles. The van der Waals surface area contributed by atoms with Crippen molar-refractivity contribution in [3.63, 3.8) is 0 Å². The molecule has 3 rings (SSSR count). The second-order valence-corrected chi connectivity index (χ2v) is 7.78. The highest BCUT2D eigenvalue weighted by molar-refractivity contribution is 5.98. The van der Waals surface area contributed by atoms with E-state index in [9.17, 15) is 23.2 Å². The van der Waals surface area contributed by atoms with Gasteiger partial charge in [0, 0.05) is 29.9 Å². The summed E-state index contributed by atoms with van der Waals surface area (Å²) in [6.45, 7) is -0.265. The van der Waals surface area contributed by atoms with Crippen molar-refractivity contribution in [2.24, 2.45) is 5.73 Å². The summed E-state index contributed by atoms with van der Waals surface area (Å²) < 4.78 is 26.8. The van der Waals surface area contributed by atoms with Crippen molar-refractivity contribution < 1.29 is 28.4 Å². The first-order valence-corrected chi connectivity index (χ1v) is 10.9. The Labute approximate surface area is 205 Å². The van der Waals surface area contributed by atoms with Crippen LogP contribution in [0, 0.1) is 11.6 Å². The summed E-state index contributed by atoms with van der Waals surface area (Å²) in [6, 6.07) is 15.7. The van der Waals surface area contributed by atoms with Crippen molar-refractivity contribution in [3.05, 3.63) is 89.5 Å². The summed E-state index contributed by atoms with van der Waals surface area (Å²) in [6.07, 6.45) is 0. The predicted molar refractivity (Wildman–Crippen MR) is 129 cm³/mol. The number of hydroxylamine groups is 1. The molecule has 0 aliphatic rings. The second-order valence-electron chi connectivity index (χ2n) is 7.78. The Morgan fingerprint density at radius 3 is 2.17 bits per heavy atom. The average molecular weight is 498 g/mol. The molecule has 11 heteroatoms. The van der Waals surface area contributed by atoms with Gasteiger partial charge in [-0.15, -0.1) is 0 Å². The Balaban J connectivity index is 1.52. The number of rotatable bonds is 10. The van der Waals surface area contributed by atoms with Gasteiger partial charge < -0.3 is 21.7 Å². The lowest BCUT2D eigenvalue weighted by molar-refractivity contribution is -0.130. The molecule has 3 aromatic rings. The molecule has 3 aromatic carbocycles. The van der Waals surface area contributed by atoms with Gasteiger partial charge >= 0.3 is 0 Å². The molecule has 0 radical (unpaired) electrons. The largest absolute Gasteiger partial charge is 0.339 e. The Morgan fingerprint density at radius 1 is 0.917 bits per heavy atom. The minimum absolute atomic E-state index is 0.00544. The molecule has 3 amide bonds. The second kappa shape index (κ2) is 12.5. The number of hydrogen-bond acceptors (Lipinski definition) is 6. The predicted octanol–water partition coefficient (Wildman–Crippen LogP) is 1.92. The Kier molecular flexibility index (Phi) is 9.17. The summed E-state index contributed by atoms with van der Waals surface area (Å²) in [4.78, 5) is 35.9. The van der Waals surface area contributed by atoms with Crippen molar-refractivity contribution in [3.8, 4) is 11.1 Å². The van der Waals surface area contributed by atoms with E-state index in [1.807, 2.05) is 0 Å². The number of nitrogens with two attached hydrogens (primary N) is 1. The third kappa shape index (κ3) is 7.15. The highest BCUT2D eigenvalue weighted by Crippen LogP contribution is 2.22. The number of carbonyl (C=O) groups excluding carboxylic acids is 3. The van der Waals surface area contributed by atoms with E-state index in [-0.39, 0.29) is 31.1 Å². The maximum Gasteiger partial charge on any atom is 0.267 e. The zero-order chi connectivity index (χ0) is 26.1. The zero-order valence-electron chi connectivity index (χ0n) is 19.1. The number of carbonyl (C=O) groups is 3. The molecular formula is C25H25F2N5O4. The van der Waals surface area contributed by atoms with Crippen molar-refractivity contribution >= 4 is 23.4 Å². The molecular weight excluding hydrogens is 472 g/mol. The van der Waals surface area contributed by atoms with E-state index in [1.54, 1.807) is 48.5 Å². The van der Waals surface area contributed by atoms with E-state index in [0.29, 0.717) is 11.3 Å². The molecule has 0 spiro atoms. The van der Waals surface area contributed by atoms with Gasteiger partial charge in [-0.1, -0.05) is 24.3 Å². The zero-order valence-corrected chi connectivity index (χ0v) is 19.1. The van der Waals surface area contributed by atoms with Crippen molar-refractivity contribution in [2.75, 3.05) is 18.4 Å². The lowest BCUT2D eigenvalue weighted by Crippen LogP contribution is -2.50. The molecule has 188 valence electrons.